The van der Waals surface area contributed by atoms with E-state index in [0.717, 1.165) is 6.42 Å². The Bertz CT molecular complexity index is 540. The first-order valence-electron chi connectivity index (χ1n) is 6.89. The van der Waals surface area contributed by atoms with Crippen LogP contribution in [0.4, 0.5) is 0 Å². The number of nitrogens with one attached hydrogen (secondary N) is 1. The Morgan fingerprint density at radius 3 is 2.81 bits per heavy atom. The molecule has 8 heteroatoms. The molecule has 2 unspecified atom stereocenters. The Labute approximate surface area is 122 Å². The highest BCUT2D eigenvalue weighted by atomic mass is 16.5. The van der Waals surface area contributed by atoms with Gasteiger partial charge in [-0.05, 0) is 13.3 Å². The number of carboxylic acids is 1. The SMILES string of the molecule is CCOC1CC(NC(=O)Cn2cc(C(=O)O)nn2)C1(C)C. The maximum atomic E-state index is 12.0. The van der Waals surface area contributed by atoms with Crippen LogP contribution in [-0.4, -0.2) is 50.7 Å². The monoisotopic (exact) mass is 296 g/mol. The fourth-order valence-corrected chi connectivity index (χ4v) is 2.48. The summed E-state index contributed by atoms with van der Waals surface area (Å²) in [7, 11) is 0. The number of aromatic carboxylic acids is 1. The van der Waals surface area contributed by atoms with E-state index in [-0.39, 0.29) is 35.7 Å². The molecule has 0 radical (unpaired) electrons. The number of hydrogen-bond acceptors (Lipinski definition) is 5. The van der Waals surface area contributed by atoms with Crippen LogP contribution in [0, 0.1) is 5.41 Å². The molecule has 1 aromatic rings. The second kappa shape index (κ2) is 5.80. The molecule has 1 amide bonds. The average Bonchev–Trinajstić information content (AvgIpc) is 2.86. The van der Waals surface area contributed by atoms with Crippen LogP contribution in [0.5, 0.6) is 0 Å². The van der Waals surface area contributed by atoms with Gasteiger partial charge in [0.25, 0.3) is 0 Å². The van der Waals surface area contributed by atoms with E-state index in [1.807, 2.05) is 6.92 Å². The summed E-state index contributed by atoms with van der Waals surface area (Å²) in [5, 5.41) is 18.7. The smallest absolute Gasteiger partial charge is 0.358 e. The van der Waals surface area contributed by atoms with E-state index < -0.39 is 5.97 Å². The van der Waals surface area contributed by atoms with Gasteiger partial charge in [0.15, 0.2) is 5.69 Å². The normalized spacial score (nSPS) is 23.4. The Balaban J connectivity index is 1.86. The molecule has 8 nitrogen and oxygen atoms in total. The minimum atomic E-state index is -1.17. The van der Waals surface area contributed by atoms with Crippen LogP contribution in [0.15, 0.2) is 6.20 Å². The van der Waals surface area contributed by atoms with Crippen LogP contribution < -0.4 is 5.32 Å². The predicted molar refractivity (Wildman–Crippen MR) is 72.7 cm³/mol. The summed E-state index contributed by atoms with van der Waals surface area (Å²) in [6.45, 7) is 6.67. The van der Waals surface area contributed by atoms with Gasteiger partial charge in [0.05, 0.1) is 12.3 Å². The zero-order valence-corrected chi connectivity index (χ0v) is 12.4. The van der Waals surface area contributed by atoms with E-state index in [0.29, 0.717) is 6.61 Å². The van der Waals surface area contributed by atoms with Gasteiger partial charge in [0.2, 0.25) is 5.91 Å². The first kappa shape index (κ1) is 15.4. The maximum absolute atomic E-state index is 12.0. The van der Waals surface area contributed by atoms with Gasteiger partial charge in [-0.15, -0.1) is 5.10 Å². The second-order valence-electron chi connectivity index (χ2n) is 5.73. The van der Waals surface area contributed by atoms with E-state index in [4.69, 9.17) is 9.84 Å². The quantitative estimate of drug-likeness (QED) is 0.782. The average molecular weight is 296 g/mol. The first-order valence-corrected chi connectivity index (χ1v) is 6.89. The molecule has 116 valence electrons. The molecule has 1 aliphatic carbocycles. The Hall–Kier alpha value is -1.96. The third kappa shape index (κ3) is 3.21. The van der Waals surface area contributed by atoms with Crippen molar-refractivity contribution < 1.29 is 19.4 Å². The standard InChI is InChI=1S/C13H20N4O4/c1-4-21-10-5-9(13(10,2)3)14-11(18)7-17-6-8(12(19)20)15-16-17/h6,9-10H,4-5,7H2,1-3H3,(H,14,18)(H,19,20). The number of carboxylic acid groups (broad SMARTS) is 1. The third-order valence-corrected chi connectivity index (χ3v) is 3.94. The fraction of sp³-hybridized carbons (Fsp3) is 0.692. The molecule has 1 aliphatic rings. The largest absolute Gasteiger partial charge is 0.476 e. The van der Waals surface area contributed by atoms with Gasteiger partial charge < -0.3 is 15.2 Å². The van der Waals surface area contributed by atoms with Crippen molar-refractivity contribution in [3.05, 3.63) is 11.9 Å². The highest BCUT2D eigenvalue weighted by Crippen LogP contribution is 2.42. The Morgan fingerprint density at radius 2 is 2.29 bits per heavy atom. The van der Waals surface area contributed by atoms with E-state index in [9.17, 15) is 9.59 Å². The number of hydrogen-bond donors (Lipinski definition) is 2. The first-order chi connectivity index (χ1) is 9.84. The van der Waals surface area contributed by atoms with Crippen molar-refractivity contribution >= 4 is 11.9 Å². The highest BCUT2D eigenvalue weighted by Gasteiger charge is 2.49. The van der Waals surface area contributed by atoms with Gasteiger partial charge in [-0.2, -0.15) is 0 Å². The van der Waals surface area contributed by atoms with Crippen molar-refractivity contribution in [2.75, 3.05) is 6.61 Å². The lowest BCUT2D eigenvalue weighted by molar-refractivity contribution is -0.137. The molecule has 0 saturated heterocycles. The molecule has 0 aliphatic heterocycles. The molecule has 1 aromatic heterocycles. The summed E-state index contributed by atoms with van der Waals surface area (Å²) in [5.74, 6) is -1.38. The zero-order valence-electron chi connectivity index (χ0n) is 12.4. The van der Waals surface area contributed by atoms with Crippen LogP contribution in [0.3, 0.4) is 0 Å². The number of nitrogens with zero attached hydrogens (tertiary/aromatic N) is 3. The maximum Gasteiger partial charge on any atom is 0.358 e. The number of carbonyl (C=O) groups excluding carboxylic acids is 1. The van der Waals surface area contributed by atoms with Gasteiger partial charge in [0.1, 0.15) is 6.54 Å². The minimum absolute atomic E-state index is 0.0454. The number of aromatic nitrogens is 3. The summed E-state index contributed by atoms with van der Waals surface area (Å²) in [6, 6.07) is 0.0454. The summed E-state index contributed by atoms with van der Waals surface area (Å²) < 4.78 is 6.82. The number of ether oxygens (including phenoxy) is 1. The summed E-state index contributed by atoms with van der Waals surface area (Å²) in [6.07, 6.45) is 2.17. The molecule has 1 heterocycles. The van der Waals surface area contributed by atoms with E-state index in [2.05, 4.69) is 29.5 Å². The Kier molecular flexibility index (Phi) is 4.26. The topological polar surface area (TPSA) is 106 Å². The molecular weight excluding hydrogens is 276 g/mol. The molecule has 2 atom stereocenters. The molecule has 0 spiro atoms. The highest BCUT2D eigenvalue weighted by molar-refractivity contribution is 5.84. The van der Waals surface area contributed by atoms with Gasteiger partial charge in [0, 0.05) is 18.1 Å². The van der Waals surface area contributed by atoms with Crippen LogP contribution in [-0.2, 0) is 16.1 Å². The molecule has 0 aromatic carbocycles. The lowest BCUT2D eigenvalue weighted by Gasteiger charge is -2.51. The van der Waals surface area contributed by atoms with Crippen molar-refractivity contribution in [1.82, 2.24) is 20.3 Å². The van der Waals surface area contributed by atoms with Crippen LogP contribution >= 0.6 is 0 Å². The van der Waals surface area contributed by atoms with Crippen molar-refractivity contribution in [2.45, 2.75) is 45.9 Å². The molecule has 2 rings (SSSR count). The number of rotatable bonds is 6. The third-order valence-electron chi connectivity index (χ3n) is 3.94. The fourth-order valence-electron chi connectivity index (χ4n) is 2.48. The van der Waals surface area contributed by atoms with E-state index in [1.165, 1.54) is 10.9 Å². The van der Waals surface area contributed by atoms with Crippen LogP contribution in [0.1, 0.15) is 37.7 Å². The van der Waals surface area contributed by atoms with Crippen molar-refractivity contribution in [3.63, 3.8) is 0 Å². The van der Waals surface area contributed by atoms with E-state index in [1.54, 1.807) is 0 Å². The van der Waals surface area contributed by atoms with Crippen LogP contribution in [0.2, 0.25) is 0 Å². The molecule has 1 fully saturated rings. The summed E-state index contributed by atoms with van der Waals surface area (Å²) in [4.78, 5) is 22.6. The minimum Gasteiger partial charge on any atom is -0.476 e. The molecular formula is C13H20N4O4. The van der Waals surface area contributed by atoms with Gasteiger partial charge in [-0.1, -0.05) is 19.1 Å². The summed E-state index contributed by atoms with van der Waals surface area (Å²) in [5.41, 5.74) is -0.288. The van der Waals surface area contributed by atoms with Crippen LogP contribution in [0.25, 0.3) is 0 Å². The molecule has 2 N–H and O–H groups in total. The Morgan fingerprint density at radius 1 is 1.57 bits per heavy atom. The van der Waals surface area contributed by atoms with Gasteiger partial charge in [-0.3, -0.25) is 4.79 Å². The molecule has 21 heavy (non-hydrogen) atoms. The lowest BCUT2D eigenvalue weighted by Crippen LogP contribution is -2.62. The van der Waals surface area contributed by atoms with Crippen molar-refractivity contribution in [3.8, 4) is 0 Å². The summed E-state index contributed by atoms with van der Waals surface area (Å²) >= 11 is 0. The second-order valence-corrected chi connectivity index (χ2v) is 5.73. The number of amides is 1. The van der Waals surface area contributed by atoms with Crippen molar-refractivity contribution in [1.29, 1.82) is 0 Å². The predicted octanol–water partition coefficient (Wildman–Crippen LogP) is 0.296. The lowest BCUT2D eigenvalue weighted by atomic mass is 9.64. The number of carbonyl (C=O) groups is 2. The molecule has 1 saturated carbocycles. The van der Waals surface area contributed by atoms with Gasteiger partial charge in [-0.25, -0.2) is 9.48 Å². The zero-order chi connectivity index (χ0) is 15.6. The van der Waals surface area contributed by atoms with E-state index >= 15 is 0 Å². The van der Waals surface area contributed by atoms with Gasteiger partial charge >= 0.3 is 5.97 Å². The van der Waals surface area contributed by atoms with Crippen molar-refractivity contribution in [2.24, 2.45) is 5.41 Å². The molecule has 0 bridgehead atoms.